The van der Waals surface area contributed by atoms with Crippen molar-refractivity contribution in [2.45, 2.75) is 74.6 Å². The Hall–Kier alpha value is -3.23. The molecule has 4 rings (SSSR count). The summed E-state index contributed by atoms with van der Waals surface area (Å²) < 4.78 is 64.0. The maximum absolute atomic E-state index is 12.2. The fourth-order valence-electron chi connectivity index (χ4n) is 4.68. The summed E-state index contributed by atoms with van der Waals surface area (Å²) in [6.07, 6.45) is -15.8. The molecule has 10 atom stereocenters. The van der Waals surface area contributed by atoms with E-state index in [0.717, 1.165) is 0 Å². The van der Waals surface area contributed by atoms with Crippen molar-refractivity contribution >= 4 is 16.4 Å². The quantitative estimate of drug-likeness (QED) is 0.0853. The average Bonchev–Trinajstić information content (AvgIpc) is 2.99. The lowest BCUT2D eigenvalue weighted by Crippen LogP contribution is -2.65. The van der Waals surface area contributed by atoms with Gasteiger partial charge in [0.05, 0.1) is 25.9 Å². The van der Waals surface area contributed by atoms with Crippen LogP contribution in [-0.2, 0) is 56.3 Å². The Kier molecular flexibility index (Phi) is 11.6. The number of benzene rings is 2. The molecule has 0 bridgehead atoms. The molecule has 2 fully saturated rings. The number of ether oxygens (including phenoxy) is 5. The van der Waals surface area contributed by atoms with Gasteiger partial charge in [-0.25, -0.2) is 8.98 Å². The van der Waals surface area contributed by atoms with Gasteiger partial charge in [-0.3, -0.25) is 4.55 Å². The molecule has 0 amide bonds. The van der Waals surface area contributed by atoms with Gasteiger partial charge in [-0.15, -0.1) is 0 Å². The number of aliphatic hydroxyl groups excluding tert-OH is 3. The van der Waals surface area contributed by atoms with E-state index in [9.17, 15) is 39.2 Å². The molecule has 2 aliphatic rings. The number of carboxylic acids is 1. The topological polar surface area (TPSA) is 256 Å². The second-order valence-corrected chi connectivity index (χ2v) is 10.9. The van der Waals surface area contributed by atoms with Crippen molar-refractivity contribution in [1.82, 2.24) is 0 Å². The molecule has 2 aromatic rings. The highest BCUT2D eigenvalue weighted by atomic mass is 32.3. The normalized spacial score (nSPS) is 32.5. The van der Waals surface area contributed by atoms with E-state index in [2.05, 4.69) is 14.2 Å². The predicted octanol–water partition coefficient (Wildman–Crippen LogP) is 0.289. The number of carboxylic acid groups (broad SMARTS) is 1. The van der Waals surface area contributed by atoms with Crippen LogP contribution >= 0.6 is 0 Å². The Balaban J connectivity index is 1.57. The molecule has 18 heteroatoms. The van der Waals surface area contributed by atoms with E-state index in [1.54, 1.807) is 60.7 Å². The van der Waals surface area contributed by atoms with Gasteiger partial charge in [0.2, 0.25) is 0 Å². The molecular weight excluding hydrogens is 610 g/mol. The van der Waals surface area contributed by atoms with Gasteiger partial charge in [-0.2, -0.15) is 8.42 Å². The molecule has 17 nitrogen and oxygen atoms in total. The van der Waals surface area contributed by atoms with Crippen molar-refractivity contribution in [2.75, 3.05) is 6.61 Å². The molecular formula is C26H31N3O14S. The van der Waals surface area contributed by atoms with Crippen LogP contribution in [0.1, 0.15) is 11.1 Å². The maximum Gasteiger partial charge on any atom is 0.397 e. The van der Waals surface area contributed by atoms with E-state index in [1.165, 1.54) is 0 Å². The number of rotatable bonds is 13. The standard InChI is InChI=1S/C26H31N3O14S/c27-29-28-17-21(38-11-14-7-3-1-4-8-14)18(30)16(13-40-44(35,36)37)41-25(17)42-22-19(31)20(32)26(43-23(22)24(33)34)39-12-15-9-5-2-6-10-15/h1-10,16-23,25-26,30-32H,11-13H2,(H,33,34)(H,35,36,37)/t16-,17-,18+,19-,20-,21-,22+,23+,25-,26-/m1/s1. The Labute approximate surface area is 251 Å². The zero-order chi connectivity index (χ0) is 31.9. The van der Waals surface area contributed by atoms with Gasteiger partial charge in [0.15, 0.2) is 18.7 Å². The van der Waals surface area contributed by atoms with Crippen molar-refractivity contribution in [3.63, 3.8) is 0 Å². The highest BCUT2D eigenvalue weighted by Gasteiger charge is 2.53. The fourth-order valence-corrected chi connectivity index (χ4v) is 4.99. The fraction of sp³-hybridized carbons (Fsp3) is 0.500. The first-order valence-corrected chi connectivity index (χ1v) is 14.6. The lowest BCUT2D eigenvalue weighted by Gasteiger charge is -2.46. The van der Waals surface area contributed by atoms with Crippen LogP contribution in [0.3, 0.4) is 0 Å². The second-order valence-electron chi connectivity index (χ2n) is 9.84. The van der Waals surface area contributed by atoms with Crippen LogP contribution in [0, 0.1) is 0 Å². The van der Waals surface area contributed by atoms with E-state index in [0.29, 0.717) is 11.1 Å². The van der Waals surface area contributed by atoms with E-state index in [1.807, 2.05) is 0 Å². The van der Waals surface area contributed by atoms with Crippen molar-refractivity contribution in [3.05, 3.63) is 82.2 Å². The first-order valence-electron chi connectivity index (χ1n) is 13.2. The molecule has 0 unspecified atom stereocenters. The summed E-state index contributed by atoms with van der Waals surface area (Å²) in [5.41, 5.74) is 10.6. The zero-order valence-corrected chi connectivity index (χ0v) is 23.6. The summed E-state index contributed by atoms with van der Waals surface area (Å²) >= 11 is 0. The number of nitrogens with zero attached hydrogens (tertiary/aromatic N) is 3. The van der Waals surface area contributed by atoms with Crippen LogP contribution in [0.4, 0.5) is 0 Å². The van der Waals surface area contributed by atoms with Gasteiger partial charge >= 0.3 is 16.4 Å². The molecule has 0 aromatic heterocycles. The Morgan fingerprint density at radius 2 is 1.45 bits per heavy atom. The molecule has 2 saturated heterocycles. The van der Waals surface area contributed by atoms with Gasteiger partial charge in [0.1, 0.15) is 36.6 Å². The number of azide groups is 1. The number of hydrogen-bond acceptors (Lipinski definition) is 13. The van der Waals surface area contributed by atoms with Gasteiger partial charge < -0.3 is 44.1 Å². The monoisotopic (exact) mass is 641 g/mol. The summed E-state index contributed by atoms with van der Waals surface area (Å²) in [4.78, 5) is 14.9. The molecule has 5 N–H and O–H groups in total. The largest absolute Gasteiger partial charge is 0.479 e. The smallest absolute Gasteiger partial charge is 0.397 e. The van der Waals surface area contributed by atoms with Gasteiger partial charge in [0, 0.05) is 4.91 Å². The summed E-state index contributed by atoms with van der Waals surface area (Å²) in [6.45, 7) is -1.19. The summed E-state index contributed by atoms with van der Waals surface area (Å²) in [6, 6.07) is 15.7. The van der Waals surface area contributed by atoms with Crippen molar-refractivity contribution in [1.29, 1.82) is 0 Å². The van der Waals surface area contributed by atoms with Crippen LogP contribution in [0.25, 0.3) is 10.4 Å². The molecule has 0 aliphatic carbocycles. The Morgan fingerprint density at radius 1 is 0.864 bits per heavy atom. The number of carbonyl (C=O) groups is 1. The highest BCUT2D eigenvalue weighted by molar-refractivity contribution is 7.80. The molecule has 2 aliphatic heterocycles. The van der Waals surface area contributed by atoms with E-state index >= 15 is 0 Å². The summed E-state index contributed by atoms with van der Waals surface area (Å²) in [5.74, 6) is -1.62. The zero-order valence-electron chi connectivity index (χ0n) is 22.8. The summed E-state index contributed by atoms with van der Waals surface area (Å²) in [7, 11) is -5.00. The first-order chi connectivity index (χ1) is 21.0. The lowest BCUT2D eigenvalue weighted by molar-refractivity contribution is -0.342. The first kappa shape index (κ1) is 33.7. The van der Waals surface area contributed by atoms with Crippen molar-refractivity contribution in [2.24, 2.45) is 5.11 Å². The van der Waals surface area contributed by atoms with Gasteiger partial charge in [-0.1, -0.05) is 65.8 Å². The van der Waals surface area contributed by atoms with E-state index < -0.39 is 84.3 Å². The molecule has 0 radical (unpaired) electrons. The predicted molar refractivity (Wildman–Crippen MR) is 145 cm³/mol. The van der Waals surface area contributed by atoms with Gasteiger partial charge in [-0.05, 0) is 16.7 Å². The lowest BCUT2D eigenvalue weighted by atomic mass is 9.95. The van der Waals surface area contributed by atoms with Crippen LogP contribution in [0.5, 0.6) is 0 Å². The number of aliphatic carboxylic acids is 1. The minimum Gasteiger partial charge on any atom is -0.479 e. The van der Waals surface area contributed by atoms with E-state index in [-0.39, 0.29) is 13.2 Å². The van der Waals surface area contributed by atoms with Crippen molar-refractivity contribution < 1.29 is 66.1 Å². The Morgan fingerprint density at radius 3 is 2.00 bits per heavy atom. The third-order valence-electron chi connectivity index (χ3n) is 6.83. The molecule has 240 valence electrons. The van der Waals surface area contributed by atoms with Crippen LogP contribution in [0.15, 0.2) is 65.8 Å². The number of aliphatic hydroxyl groups is 3. The Bertz CT molecular complexity index is 1380. The molecule has 2 aromatic carbocycles. The average molecular weight is 642 g/mol. The maximum atomic E-state index is 12.2. The minimum atomic E-state index is -5.00. The van der Waals surface area contributed by atoms with Crippen molar-refractivity contribution in [3.8, 4) is 0 Å². The third kappa shape index (κ3) is 8.69. The number of hydrogen-bond donors (Lipinski definition) is 5. The summed E-state index contributed by atoms with van der Waals surface area (Å²) in [5, 5.41) is 46.1. The molecule has 0 spiro atoms. The van der Waals surface area contributed by atoms with Crippen LogP contribution in [0.2, 0.25) is 0 Å². The second kappa shape index (κ2) is 15.2. The molecule has 0 saturated carbocycles. The molecule has 2 heterocycles. The van der Waals surface area contributed by atoms with Gasteiger partial charge in [0.25, 0.3) is 0 Å². The van der Waals surface area contributed by atoms with Crippen LogP contribution in [-0.4, -0.2) is 107 Å². The SMILES string of the molecule is [N-]=[N+]=N[C@H]1[C@@H](O[C@H]2[C@H](O)[C@@H](O)[C@H](OCc3ccccc3)O[C@@H]2C(=O)O)O[C@H](COS(=O)(=O)O)[C@H](O)[C@@H]1OCc1ccccc1. The molecule has 44 heavy (non-hydrogen) atoms. The van der Waals surface area contributed by atoms with Crippen LogP contribution < -0.4 is 0 Å². The van der Waals surface area contributed by atoms with E-state index in [4.69, 9.17) is 28.2 Å². The highest BCUT2D eigenvalue weighted by Crippen LogP contribution is 2.33. The minimum absolute atomic E-state index is 0.0917. The third-order valence-corrected chi connectivity index (χ3v) is 7.26.